The van der Waals surface area contributed by atoms with E-state index in [0.717, 1.165) is 44.1 Å². The third-order valence-electron chi connectivity index (χ3n) is 3.62. The first kappa shape index (κ1) is 12.4. The quantitative estimate of drug-likeness (QED) is 0.917. The molecule has 3 rings (SSSR count). The van der Waals surface area contributed by atoms with Gasteiger partial charge >= 0.3 is 0 Å². The van der Waals surface area contributed by atoms with E-state index in [1.807, 2.05) is 0 Å². The van der Waals surface area contributed by atoms with Crippen LogP contribution in [0.2, 0.25) is 0 Å². The largest absolute Gasteiger partial charge is 0.339 e. The second-order valence-electron chi connectivity index (χ2n) is 5.24. The molecule has 0 saturated carbocycles. The molecule has 1 fully saturated rings. The highest BCUT2D eigenvalue weighted by atomic mass is 16.5. The maximum atomic E-state index is 5.42. The van der Waals surface area contributed by atoms with Crippen molar-refractivity contribution in [1.29, 1.82) is 0 Å². The molecule has 1 saturated heterocycles. The van der Waals surface area contributed by atoms with Crippen LogP contribution < -0.4 is 5.32 Å². The molecule has 1 N–H and O–H groups in total. The number of hydrogen-bond donors (Lipinski definition) is 1. The van der Waals surface area contributed by atoms with Crippen LogP contribution in [0.25, 0.3) is 0 Å². The molecule has 1 aliphatic rings. The molecule has 0 bridgehead atoms. The highest BCUT2D eigenvalue weighted by Gasteiger charge is 2.21. The van der Waals surface area contributed by atoms with Crippen LogP contribution in [0.5, 0.6) is 0 Å². The Labute approximate surface area is 113 Å². The van der Waals surface area contributed by atoms with E-state index < -0.39 is 0 Å². The van der Waals surface area contributed by atoms with Gasteiger partial charge in [0.25, 0.3) is 0 Å². The minimum absolute atomic E-state index is 0.431. The second-order valence-corrected chi connectivity index (χ2v) is 5.24. The average molecular weight is 257 g/mol. The first-order valence-corrected chi connectivity index (χ1v) is 6.90. The second kappa shape index (κ2) is 5.53. The number of piperidine rings is 1. The summed E-state index contributed by atoms with van der Waals surface area (Å²) in [6, 6.07) is 8.44. The topological polar surface area (TPSA) is 51.0 Å². The van der Waals surface area contributed by atoms with E-state index in [2.05, 4.69) is 46.6 Å². The lowest BCUT2D eigenvalue weighted by molar-refractivity contribution is 0.318. The Morgan fingerprint density at radius 3 is 2.95 bits per heavy atom. The van der Waals surface area contributed by atoms with Crippen molar-refractivity contribution < 1.29 is 4.52 Å². The summed E-state index contributed by atoms with van der Waals surface area (Å²) in [6.45, 7) is 4.18. The van der Waals surface area contributed by atoms with Gasteiger partial charge < -0.3 is 9.84 Å². The molecule has 2 heterocycles. The van der Waals surface area contributed by atoms with E-state index >= 15 is 0 Å². The molecule has 0 atom stereocenters. The van der Waals surface area contributed by atoms with Crippen molar-refractivity contribution in [2.75, 3.05) is 13.1 Å². The fourth-order valence-electron chi connectivity index (χ4n) is 2.58. The predicted octanol–water partition coefficient (Wildman–Crippen LogP) is 2.44. The van der Waals surface area contributed by atoms with E-state index in [4.69, 9.17) is 4.52 Å². The number of hydrogen-bond acceptors (Lipinski definition) is 4. The van der Waals surface area contributed by atoms with Gasteiger partial charge in [-0.2, -0.15) is 4.98 Å². The molecule has 4 heteroatoms. The normalized spacial score (nSPS) is 16.7. The molecule has 0 spiro atoms. The fourth-order valence-corrected chi connectivity index (χ4v) is 2.58. The van der Waals surface area contributed by atoms with E-state index in [1.54, 1.807) is 0 Å². The molecule has 1 aromatic heterocycles. The molecule has 0 aliphatic carbocycles. The zero-order valence-electron chi connectivity index (χ0n) is 11.2. The highest BCUT2D eigenvalue weighted by molar-refractivity contribution is 5.24. The van der Waals surface area contributed by atoms with E-state index in [9.17, 15) is 0 Å². The number of aryl methyl sites for hydroxylation is 1. The van der Waals surface area contributed by atoms with Crippen molar-refractivity contribution in [2.24, 2.45) is 0 Å². The summed E-state index contributed by atoms with van der Waals surface area (Å²) >= 11 is 0. The van der Waals surface area contributed by atoms with E-state index in [0.29, 0.717) is 5.92 Å². The Kier molecular flexibility index (Phi) is 3.60. The van der Waals surface area contributed by atoms with Crippen molar-refractivity contribution in [2.45, 2.75) is 32.1 Å². The van der Waals surface area contributed by atoms with Crippen molar-refractivity contribution in [1.82, 2.24) is 15.5 Å². The van der Waals surface area contributed by atoms with E-state index in [-0.39, 0.29) is 0 Å². The third-order valence-corrected chi connectivity index (χ3v) is 3.62. The van der Waals surface area contributed by atoms with Gasteiger partial charge in [-0.15, -0.1) is 0 Å². The van der Waals surface area contributed by atoms with Crippen LogP contribution in [0, 0.1) is 6.92 Å². The predicted molar refractivity (Wildman–Crippen MR) is 73.1 cm³/mol. The van der Waals surface area contributed by atoms with Gasteiger partial charge in [-0.05, 0) is 38.4 Å². The van der Waals surface area contributed by atoms with Gasteiger partial charge in [0.05, 0.1) is 0 Å². The SMILES string of the molecule is Cc1cccc(Cc2noc(C3CCNCC3)n2)c1. The monoisotopic (exact) mass is 257 g/mol. The van der Waals surface area contributed by atoms with Gasteiger partial charge in [-0.25, -0.2) is 0 Å². The highest BCUT2D eigenvalue weighted by Crippen LogP contribution is 2.23. The zero-order chi connectivity index (χ0) is 13.1. The molecule has 2 aromatic rings. The van der Waals surface area contributed by atoms with Gasteiger partial charge in [-0.1, -0.05) is 35.0 Å². The smallest absolute Gasteiger partial charge is 0.229 e. The van der Waals surface area contributed by atoms with Gasteiger partial charge in [0.1, 0.15) is 0 Å². The summed E-state index contributed by atoms with van der Waals surface area (Å²) in [6.07, 6.45) is 2.92. The number of nitrogens with one attached hydrogen (secondary N) is 1. The average Bonchev–Trinajstić information content (AvgIpc) is 2.88. The summed E-state index contributed by atoms with van der Waals surface area (Å²) in [4.78, 5) is 4.55. The van der Waals surface area contributed by atoms with Crippen LogP contribution in [0.1, 0.15) is 41.6 Å². The van der Waals surface area contributed by atoms with Gasteiger partial charge in [-0.3, -0.25) is 0 Å². The molecule has 0 unspecified atom stereocenters. The van der Waals surface area contributed by atoms with Crippen molar-refractivity contribution in [3.05, 3.63) is 47.1 Å². The summed E-state index contributed by atoms with van der Waals surface area (Å²) in [5, 5.41) is 7.46. The van der Waals surface area contributed by atoms with E-state index in [1.165, 1.54) is 11.1 Å². The molecule has 100 valence electrons. The third kappa shape index (κ3) is 3.01. The minimum atomic E-state index is 0.431. The summed E-state index contributed by atoms with van der Waals surface area (Å²) in [5.74, 6) is 2.03. The first-order chi connectivity index (χ1) is 9.31. The molecule has 1 aromatic carbocycles. The molecular weight excluding hydrogens is 238 g/mol. The lowest BCUT2D eigenvalue weighted by Crippen LogP contribution is -2.26. The molecule has 19 heavy (non-hydrogen) atoms. The summed E-state index contributed by atoms with van der Waals surface area (Å²) < 4.78 is 5.42. The molecule has 1 aliphatic heterocycles. The Balaban J connectivity index is 1.70. The van der Waals surface area contributed by atoms with Crippen LogP contribution in [-0.4, -0.2) is 23.2 Å². The number of rotatable bonds is 3. The Morgan fingerprint density at radius 2 is 2.16 bits per heavy atom. The van der Waals surface area contributed by atoms with Crippen molar-refractivity contribution in [3.8, 4) is 0 Å². The lowest BCUT2D eigenvalue weighted by Gasteiger charge is -2.18. The van der Waals surface area contributed by atoms with Gasteiger partial charge in [0, 0.05) is 12.3 Å². The Morgan fingerprint density at radius 1 is 1.32 bits per heavy atom. The van der Waals surface area contributed by atoms with Crippen LogP contribution in [0.15, 0.2) is 28.8 Å². The number of nitrogens with zero attached hydrogens (tertiary/aromatic N) is 2. The van der Waals surface area contributed by atoms with Gasteiger partial charge in [0.2, 0.25) is 5.89 Å². The molecular formula is C15H19N3O. The number of benzene rings is 1. The van der Waals surface area contributed by atoms with Crippen LogP contribution in [-0.2, 0) is 6.42 Å². The van der Waals surface area contributed by atoms with Gasteiger partial charge in [0.15, 0.2) is 5.82 Å². The van der Waals surface area contributed by atoms with Crippen molar-refractivity contribution in [3.63, 3.8) is 0 Å². The van der Waals surface area contributed by atoms with Crippen LogP contribution >= 0.6 is 0 Å². The fraction of sp³-hybridized carbons (Fsp3) is 0.467. The zero-order valence-corrected chi connectivity index (χ0v) is 11.2. The Hall–Kier alpha value is -1.68. The van der Waals surface area contributed by atoms with Crippen LogP contribution in [0.3, 0.4) is 0 Å². The standard InChI is InChI=1S/C15H19N3O/c1-11-3-2-4-12(9-11)10-14-17-15(19-18-14)13-5-7-16-8-6-13/h2-4,9,13,16H,5-8,10H2,1H3. The van der Waals surface area contributed by atoms with Crippen molar-refractivity contribution >= 4 is 0 Å². The number of aromatic nitrogens is 2. The minimum Gasteiger partial charge on any atom is -0.339 e. The Bertz CT molecular complexity index is 544. The first-order valence-electron chi connectivity index (χ1n) is 6.90. The molecule has 0 radical (unpaired) electrons. The molecule has 4 nitrogen and oxygen atoms in total. The lowest BCUT2D eigenvalue weighted by atomic mass is 9.98. The summed E-state index contributed by atoms with van der Waals surface area (Å²) in [7, 11) is 0. The maximum absolute atomic E-state index is 5.42. The maximum Gasteiger partial charge on any atom is 0.229 e. The summed E-state index contributed by atoms with van der Waals surface area (Å²) in [5.41, 5.74) is 2.50. The molecule has 0 amide bonds. The van der Waals surface area contributed by atoms with Crippen LogP contribution in [0.4, 0.5) is 0 Å².